The van der Waals surface area contributed by atoms with Crippen molar-refractivity contribution in [3.05, 3.63) is 29.8 Å². The van der Waals surface area contributed by atoms with Gasteiger partial charge in [-0.1, -0.05) is 12.1 Å². The first-order valence-electron chi connectivity index (χ1n) is 8.97. The van der Waals surface area contributed by atoms with Crippen molar-refractivity contribution < 1.29 is 14.3 Å². The molecule has 144 valence electrons. The summed E-state index contributed by atoms with van der Waals surface area (Å²) in [6, 6.07) is 7.36. The highest BCUT2D eigenvalue weighted by Gasteiger charge is 2.26. The lowest BCUT2D eigenvalue weighted by Crippen LogP contribution is -2.52. The van der Waals surface area contributed by atoms with E-state index in [1.165, 1.54) is 0 Å². The van der Waals surface area contributed by atoms with E-state index in [9.17, 15) is 9.59 Å². The van der Waals surface area contributed by atoms with Crippen LogP contribution in [0.4, 0.5) is 0 Å². The van der Waals surface area contributed by atoms with Gasteiger partial charge in [0, 0.05) is 32.7 Å². The van der Waals surface area contributed by atoms with Crippen LogP contribution in [0, 0.1) is 0 Å². The first-order chi connectivity index (χ1) is 12.4. The van der Waals surface area contributed by atoms with Crippen LogP contribution in [0.3, 0.4) is 0 Å². The van der Waals surface area contributed by atoms with Crippen molar-refractivity contribution in [1.29, 1.82) is 0 Å². The molecule has 26 heavy (non-hydrogen) atoms. The lowest BCUT2D eigenvalue weighted by atomic mass is 10.1. The normalized spacial score (nSPS) is 14.8. The van der Waals surface area contributed by atoms with Crippen molar-refractivity contribution in [3.8, 4) is 5.75 Å². The number of nitrogens with zero attached hydrogens (tertiary/aromatic N) is 4. The molecule has 1 aliphatic heterocycles. The van der Waals surface area contributed by atoms with Crippen LogP contribution in [0.2, 0.25) is 0 Å². The van der Waals surface area contributed by atoms with Crippen LogP contribution in [0.15, 0.2) is 24.3 Å². The van der Waals surface area contributed by atoms with Gasteiger partial charge in [-0.25, -0.2) is 0 Å². The highest BCUT2D eigenvalue weighted by atomic mass is 16.5. The maximum absolute atomic E-state index is 12.9. The van der Waals surface area contributed by atoms with Gasteiger partial charge in [0.05, 0.1) is 12.1 Å². The number of hydrogen-bond donors (Lipinski definition) is 0. The number of carbonyl (C=O) groups is 2. The summed E-state index contributed by atoms with van der Waals surface area (Å²) in [6.07, 6.45) is 0. The molecular weight excluding hydrogens is 332 g/mol. The van der Waals surface area contributed by atoms with E-state index in [0.29, 0.717) is 50.6 Å². The zero-order chi connectivity index (χ0) is 19.1. The van der Waals surface area contributed by atoms with Crippen LogP contribution >= 0.6 is 0 Å². The molecular formula is C19H30N4O3. The molecule has 0 N–H and O–H groups in total. The fourth-order valence-corrected chi connectivity index (χ4v) is 2.81. The van der Waals surface area contributed by atoms with Crippen LogP contribution < -0.4 is 4.74 Å². The van der Waals surface area contributed by atoms with Crippen molar-refractivity contribution in [3.63, 3.8) is 0 Å². The maximum Gasteiger partial charge on any atom is 0.257 e. The van der Waals surface area contributed by atoms with Gasteiger partial charge >= 0.3 is 0 Å². The second kappa shape index (κ2) is 9.54. The Balaban J connectivity index is 1.95. The Kier molecular flexibility index (Phi) is 7.41. The number of amides is 2. The van der Waals surface area contributed by atoms with E-state index >= 15 is 0 Å². The van der Waals surface area contributed by atoms with E-state index in [4.69, 9.17) is 4.74 Å². The van der Waals surface area contributed by atoms with E-state index < -0.39 is 0 Å². The topological polar surface area (TPSA) is 56.3 Å². The van der Waals surface area contributed by atoms with Crippen molar-refractivity contribution in [2.45, 2.75) is 0 Å². The summed E-state index contributed by atoms with van der Waals surface area (Å²) in [5.74, 6) is 0.685. The molecule has 1 aliphatic rings. The number of rotatable bonds is 7. The van der Waals surface area contributed by atoms with E-state index in [1.54, 1.807) is 11.0 Å². The Morgan fingerprint density at radius 3 is 2.19 bits per heavy atom. The summed E-state index contributed by atoms with van der Waals surface area (Å²) in [7, 11) is 7.73. The van der Waals surface area contributed by atoms with E-state index in [2.05, 4.69) is 0 Å². The second-order valence-electron chi connectivity index (χ2n) is 7.06. The quantitative estimate of drug-likeness (QED) is 0.706. The third-order valence-corrected chi connectivity index (χ3v) is 4.28. The molecule has 2 amide bonds. The molecule has 0 atom stereocenters. The summed E-state index contributed by atoms with van der Waals surface area (Å²) in [6.45, 7) is 3.95. The molecule has 7 nitrogen and oxygen atoms in total. The maximum atomic E-state index is 12.9. The molecule has 1 aromatic rings. The predicted molar refractivity (Wildman–Crippen MR) is 102 cm³/mol. The average molecular weight is 362 g/mol. The van der Waals surface area contributed by atoms with Crippen LogP contribution in [0.1, 0.15) is 10.4 Å². The fourth-order valence-electron chi connectivity index (χ4n) is 2.81. The number of piperazine rings is 1. The molecule has 0 bridgehead atoms. The summed E-state index contributed by atoms with van der Waals surface area (Å²) in [4.78, 5) is 32.6. The van der Waals surface area contributed by atoms with Crippen LogP contribution in [-0.4, -0.2) is 105 Å². The molecule has 1 saturated heterocycles. The van der Waals surface area contributed by atoms with Gasteiger partial charge in [-0.15, -0.1) is 0 Å². The van der Waals surface area contributed by atoms with Gasteiger partial charge < -0.3 is 24.3 Å². The minimum absolute atomic E-state index is 0.0369. The standard InChI is InChI=1S/C19H30N4O3/c1-20(2)13-14-26-17-8-6-5-7-16(17)19(25)23-11-9-22(10-12-23)18(24)15-21(3)4/h5-8H,9-15H2,1-4H3. The van der Waals surface area contributed by atoms with Gasteiger partial charge in [0.15, 0.2) is 0 Å². The largest absolute Gasteiger partial charge is 0.491 e. The SMILES string of the molecule is CN(C)CCOc1ccccc1C(=O)N1CCN(C(=O)CN(C)C)CC1. The zero-order valence-corrected chi connectivity index (χ0v) is 16.3. The third-order valence-electron chi connectivity index (χ3n) is 4.28. The molecule has 0 spiro atoms. The molecule has 0 radical (unpaired) electrons. The Hall–Kier alpha value is -2.12. The predicted octanol–water partition coefficient (Wildman–Crippen LogP) is 0.473. The molecule has 1 heterocycles. The second-order valence-corrected chi connectivity index (χ2v) is 7.06. The van der Waals surface area contributed by atoms with Crippen LogP contribution in [0.5, 0.6) is 5.75 Å². The number of carbonyl (C=O) groups excluding carboxylic acids is 2. The lowest BCUT2D eigenvalue weighted by molar-refractivity contribution is -0.133. The molecule has 1 fully saturated rings. The van der Waals surface area contributed by atoms with Crippen molar-refractivity contribution >= 4 is 11.8 Å². The monoisotopic (exact) mass is 362 g/mol. The molecule has 0 unspecified atom stereocenters. The Labute approximate surface area is 156 Å². The third kappa shape index (κ3) is 5.71. The van der Waals surface area contributed by atoms with Gasteiger partial charge in [-0.3, -0.25) is 9.59 Å². The molecule has 0 aromatic heterocycles. The first kappa shape index (κ1) is 20.2. The number of para-hydroxylation sites is 1. The Bertz CT molecular complexity index is 611. The number of ether oxygens (including phenoxy) is 1. The minimum Gasteiger partial charge on any atom is -0.491 e. The van der Waals surface area contributed by atoms with Gasteiger partial charge in [0.1, 0.15) is 12.4 Å². The molecule has 1 aromatic carbocycles. The Morgan fingerprint density at radius 1 is 0.962 bits per heavy atom. The molecule has 0 saturated carbocycles. The van der Waals surface area contributed by atoms with Crippen LogP contribution in [-0.2, 0) is 4.79 Å². The smallest absolute Gasteiger partial charge is 0.257 e. The van der Waals surface area contributed by atoms with Gasteiger partial charge in [0.2, 0.25) is 5.91 Å². The summed E-state index contributed by atoms with van der Waals surface area (Å²) in [5.41, 5.74) is 0.583. The highest BCUT2D eigenvalue weighted by molar-refractivity contribution is 5.97. The highest BCUT2D eigenvalue weighted by Crippen LogP contribution is 2.20. The first-order valence-corrected chi connectivity index (χ1v) is 8.97. The van der Waals surface area contributed by atoms with Crippen molar-refractivity contribution in [1.82, 2.24) is 19.6 Å². The van der Waals surface area contributed by atoms with Gasteiger partial charge in [-0.2, -0.15) is 0 Å². The van der Waals surface area contributed by atoms with Gasteiger partial charge in [-0.05, 0) is 40.3 Å². The van der Waals surface area contributed by atoms with Gasteiger partial charge in [0.25, 0.3) is 5.91 Å². The van der Waals surface area contributed by atoms with E-state index in [1.807, 2.05) is 61.1 Å². The van der Waals surface area contributed by atoms with E-state index in [-0.39, 0.29) is 11.8 Å². The minimum atomic E-state index is -0.0369. The lowest BCUT2D eigenvalue weighted by Gasteiger charge is -2.35. The molecule has 7 heteroatoms. The summed E-state index contributed by atoms with van der Waals surface area (Å²) in [5, 5.41) is 0. The molecule has 0 aliphatic carbocycles. The summed E-state index contributed by atoms with van der Waals surface area (Å²) >= 11 is 0. The van der Waals surface area contributed by atoms with E-state index in [0.717, 1.165) is 6.54 Å². The number of likely N-dealkylation sites (N-methyl/N-ethyl adjacent to an activating group) is 2. The van der Waals surface area contributed by atoms with Crippen molar-refractivity contribution in [2.24, 2.45) is 0 Å². The summed E-state index contributed by atoms with van der Waals surface area (Å²) < 4.78 is 5.80. The average Bonchev–Trinajstić information content (AvgIpc) is 2.61. The molecule has 2 rings (SSSR count). The fraction of sp³-hybridized carbons (Fsp3) is 0.579. The number of hydrogen-bond acceptors (Lipinski definition) is 5. The zero-order valence-electron chi connectivity index (χ0n) is 16.3. The van der Waals surface area contributed by atoms with Crippen molar-refractivity contribution in [2.75, 3.05) is 74.1 Å². The number of benzene rings is 1. The van der Waals surface area contributed by atoms with Crippen LogP contribution in [0.25, 0.3) is 0 Å². The Morgan fingerprint density at radius 2 is 1.58 bits per heavy atom.